The molecule has 0 saturated heterocycles. The third-order valence-corrected chi connectivity index (χ3v) is 7.96. The van der Waals surface area contributed by atoms with Crippen molar-refractivity contribution in [3.8, 4) is 33.0 Å². The van der Waals surface area contributed by atoms with Crippen molar-refractivity contribution in [1.29, 1.82) is 0 Å². The molecule has 0 radical (unpaired) electrons. The van der Waals surface area contributed by atoms with Gasteiger partial charge in [-0.2, -0.15) is 5.10 Å². The largest absolute Gasteiger partial charge is 0.338 e. The van der Waals surface area contributed by atoms with E-state index in [-0.39, 0.29) is 11.8 Å². The summed E-state index contributed by atoms with van der Waals surface area (Å²) in [4.78, 5) is 30.8. The number of aromatic nitrogens is 6. The fraction of sp³-hybridized carbons (Fsp3) is 0.179. The Balaban J connectivity index is 1.25. The minimum atomic E-state index is 0.0801. The van der Waals surface area contributed by atoms with Crippen molar-refractivity contribution in [2.75, 3.05) is 5.32 Å². The van der Waals surface area contributed by atoms with Gasteiger partial charge in [-0.1, -0.05) is 18.9 Å². The lowest BCUT2D eigenvalue weighted by Crippen LogP contribution is -2.20. The molecule has 8 nitrogen and oxygen atoms in total. The van der Waals surface area contributed by atoms with E-state index in [2.05, 4.69) is 65.1 Å². The van der Waals surface area contributed by atoms with Crippen molar-refractivity contribution in [1.82, 2.24) is 30.1 Å². The van der Waals surface area contributed by atoms with Crippen molar-refractivity contribution in [3.05, 3.63) is 66.6 Å². The number of amides is 1. The van der Waals surface area contributed by atoms with Crippen LogP contribution >= 0.6 is 11.3 Å². The van der Waals surface area contributed by atoms with Crippen molar-refractivity contribution >= 4 is 45.0 Å². The molecule has 1 aliphatic rings. The highest BCUT2D eigenvalue weighted by molar-refractivity contribution is 7.13. The van der Waals surface area contributed by atoms with E-state index in [4.69, 9.17) is 0 Å². The van der Waals surface area contributed by atoms with Gasteiger partial charge in [-0.25, -0.2) is 9.97 Å². The number of thiophene rings is 1. The predicted molar refractivity (Wildman–Crippen MR) is 146 cm³/mol. The van der Waals surface area contributed by atoms with Gasteiger partial charge in [-0.3, -0.25) is 14.9 Å². The van der Waals surface area contributed by atoms with Crippen molar-refractivity contribution in [2.45, 2.75) is 25.7 Å². The normalized spacial score (nSPS) is 14.1. The highest BCUT2D eigenvalue weighted by Gasteiger charge is 2.23. The summed E-state index contributed by atoms with van der Waals surface area (Å²) in [6.07, 6.45) is 11.3. The van der Waals surface area contributed by atoms with Gasteiger partial charge in [0, 0.05) is 56.8 Å². The molecule has 37 heavy (non-hydrogen) atoms. The van der Waals surface area contributed by atoms with Gasteiger partial charge in [-0.15, -0.1) is 11.3 Å². The highest BCUT2D eigenvalue weighted by atomic mass is 32.1. The molecule has 6 aromatic rings. The summed E-state index contributed by atoms with van der Waals surface area (Å²) in [5.74, 6) is 0.178. The summed E-state index contributed by atoms with van der Waals surface area (Å²) in [5, 5.41) is 14.7. The second kappa shape index (κ2) is 8.94. The molecule has 6 aromatic heterocycles. The first-order valence-electron chi connectivity index (χ1n) is 12.4. The molecule has 0 spiro atoms. The minimum Gasteiger partial charge on any atom is -0.338 e. The van der Waals surface area contributed by atoms with E-state index in [0.717, 1.165) is 70.2 Å². The number of hydrogen-bond donors (Lipinski definition) is 3. The zero-order valence-corrected chi connectivity index (χ0v) is 20.7. The molecule has 1 saturated carbocycles. The van der Waals surface area contributed by atoms with Crippen LogP contribution in [0, 0.1) is 5.92 Å². The van der Waals surface area contributed by atoms with Crippen LogP contribution in [0.2, 0.25) is 0 Å². The van der Waals surface area contributed by atoms with Crippen LogP contribution in [0.4, 0.5) is 5.69 Å². The van der Waals surface area contributed by atoms with Crippen molar-refractivity contribution in [2.24, 2.45) is 5.92 Å². The Bertz CT molecular complexity index is 1750. The smallest absolute Gasteiger partial charge is 0.227 e. The Kier molecular flexibility index (Phi) is 5.28. The number of aromatic amines is 2. The molecule has 9 heteroatoms. The van der Waals surface area contributed by atoms with E-state index in [1.54, 1.807) is 29.9 Å². The second-order valence-electron chi connectivity index (χ2n) is 9.41. The zero-order chi connectivity index (χ0) is 24.8. The number of rotatable bonds is 5. The molecule has 182 valence electrons. The maximum Gasteiger partial charge on any atom is 0.227 e. The van der Waals surface area contributed by atoms with Crippen molar-refractivity contribution < 1.29 is 4.79 Å². The van der Waals surface area contributed by atoms with E-state index in [1.807, 2.05) is 18.3 Å². The molecule has 0 aromatic carbocycles. The van der Waals surface area contributed by atoms with Crippen LogP contribution < -0.4 is 5.32 Å². The average molecular weight is 506 g/mol. The summed E-state index contributed by atoms with van der Waals surface area (Å²) >= 11 is 1.71. The first-order chi connectivity index (χ1) is 18.2. The Hall–Kier alpha value is -4.37. The van der Waals surface area contributed by atoms with Gasteiger partial charge in [0.05, 0.1) is 17.6 Å². The van der Waals surface area contributed by atoms with Crippen LogP contribution in [-0.2, 0) is 4.79 Å². The number of carbonyl (C=O) groups is 1. The lowest BCUT2D eigenvalue weighted by Gasteiger charge is -2.11. The maximum atomic E-state index is 12.6. The van der Waals surface area contributed by atoms with Gasteiger partial charge >= 0.3 is 0 Å². The average Bonchev–Trinajstić information content (AvgIpc) is 3.74. The molecular formula is C28H23N7OS. The quantitative estimate of drug-likeness (QED) is 0.250. The van der Waals surface area contributed by atoms with Crippen LogP contribution in [-0.4, -0.2) is 36.0 Å². The Morgan fingerprint density at radius 3 is 2.73 bits per heavy atom. The van der Waals surface area contributed by atoms with Crippen LogP contribution in [0.25, 0.3) is 55.0 Å². The fourth-order valence-corrected chi connectivity index (χ4v) is 5.93. The van der Waals surface area contributed by atoms with Gasteiger partial charge in [0.25, 0.3) is 0 Å². The summed E-state index contributed by atoms with van der Waals surface area (Å²) in [6, 6.07) is 12.3. The Labute approximate surface area is 216 Å². The number of H-pyrrole nitrogens is 2. The number of pyridine rings is 3. The lowest BCUT2D eigenvalue weighted by atomic mass is 10.1. The number of nitrogens with zero attached hydrogens (tertiary/aromatic N) is 4. The van der Waals surface area contributed by atoms with E-state index < -0.39 is 0 Å². The standard InChI is InChI=1S/C28H23N7OS/c36-28(16-4-1-2-5-16)32-19-10-17(13-29-15-19)18-11-22-25(34-35-27(22)31-14-18)23-12-21-20(24-6-3-9-37-24)7-8-30-26(21)33-23/h3,6-16H,1-2,4-5H2,(H,30,33)(H,32,36)(H,31,34,35). The van der Waals surface area contributed by atoms with Gasteiger partial charge in [-0.05, 0) is 48.6 Å². The summed E-state index contributed by atoms with van der Waals surface area (Å²) in [6.45, 7) is 0. The fourth-order valence-electron chi connectivity index (χ4n) is 5.17. The number of hydrogen-bond acceptors (Lipinski definition) is 6. The minimum absolute atomic E-state index is 0.0801. The third kappa shape index (κ3) is 3.97. The monoisotopic (exact) mass is 505 g/mol. The van der Waals surface area contributed by atoms with Crippen LogP contribution in [0.5, 0.6) is 0 Å². The second-order valence-corrected chi connectivity index (χ2v) is 10.4. The van der Waals surface area contributed by atoms with E-state index in [9.17, 15) is 4.79 Å². The SMILES string of the molecule is O=C(Nc1cncc(-c2cnc3[nH]nc(-c4cc5c(-c6cccs6)ccnc5[nH]4)c3c2)c1)C1CCCC1. The molecule has 0 bridgehead atoms. The highest BCUT2D eigenvalue weighted by Crippen LogP contribution is 2.35. The number of carbonyl (C=O) groups excluding carboxylic acids is 1. The zero-order valence-electron chi connectivity index (χ0n) is 19.9. The predicted octanol–water partition coefficient (Wildman–Crippen LogP) is 6.42. The molecule has 0 unspecified atom stereocenters. The molecular weight excluding hydrogens is 482 g/mol. The summed E-state index contributed by atoms with van der Waals surface area (Å²) < 4.78 is 0. The molecule has 7 rings (SSSR count). The lowest BCUT2D eigenvalue weighted by molar-refractivity contribution is -0.119. The molecule has 0 atom stereocenters. The summed E-state index contributed by atoms with van der Waals surface area (Å²) in [5.41, 5.74) is 6.77. The topological polar surface area (TPSA) is 112 Å². The van der Waals surface area contributed by atoms with Crippen LogP contribution in [0.1, 0.15) is 25.7 Å². The third-order valence-electron chi connectivity index (χ3n) is 7.06. The Morgan fingerprint density at radius 1 is 0.973 bits per heavy atom. The van der Waals surface area contributed by atoms with Crippen molar-refractivity contribution in [3.63, 3.8) is 0 Å². The molecule has 1 aliphatic carbocycles. The maximum absolute atomic E-state index is 12.6. The number of nitrogens with one attached hydrogen (secondary N) is 3. The van der Waals surface area contributed by atoms with Crippen LogP contribution in [0.15, 0.2) is 66.6 Å². The molecule has 3 N–H and O–H groups in total. The number of fused-ring (bicyclic) bond motifs is 2. The first kappa shape index (κ1) is 21.9. The Morgan fingerprint density at radius 2 is 1.86 bits per heavy atom. The van der Waals surface area contributed by atoms with E-state index in [0.29, 0.717) is 11.3 Å². The van der Waals surface area contributed by atoms with Crippen LogP contribution in [0.3, 0.4) is 0 Å². The van der Waals surface area contributed by atoms with E-state index >= 15 is 0 Å². The molecule has 0 aliphatic heterocycles. The summed E-state index contributed by atoms with van der Waals surface area (Å²) in [7, 11) is 0. The van der Waals surface area contributed by atoms with Gasteiger partial charge in [0.1, 0.15) is 11.3 Å². The molecule has 1 amide bonds. The molecule has 6 heterocycles. The number of anilines is 1. The van der Waals surface area contributed by atoms with Gasteiger partial charge in [0.15, 0.2) is 5.65 Å². The first-order valence-corrected chi connectivity index (χ1v) is 13.2. The van der Waals surface area contributed by atoms with E-state index in [1.165, 1.54) is 4.88 Å². The van der Waals surface area contributed by atoms with Gasteiger partial charge < -0.3 is 10.3 Å². The van der Waals surface area contributed by atoms with Gasteiger partial charge in [0.2, 0.25) is 5.91 Å². The molecule has 1 fully saturated rings.